The first-order valence-corrected chi connectivity index (χ1v) is 6.00. The van der Waals surface area contributed by atoms with Crippen molar-refractivity contribution in [2.75, 3.05) is 26.7 Å². The molecule has 15 heavy (non-hydrogen) atoms. The summed E-state index contributed by atoms with van der Waals surface area (Å²) in [5, 5.41) is 6.18. The Morgan fingerprint density at radius 3 is 2.87 bits per heavy atom. The number of nitrogens with one attached hydrogen (secondary N) is 2. The lowest BCUT2D eigenvalue weighted by molar-refractivity contribution is 0.141. The van der Waals surface area contributed by atoms with E-state index < -0.39 is 0 Å². The molecular formula is C11H21N3O. The minimum atomic E-state index is 0.147. The second-order valence-electron chi connectivity index (χ2n) is 4.70. The van der Waals surface area contributed by atoms with E-state index in [0.29, 0.717) is 12.0 Å². The molecule has 0 radical (unpaired) electrons. The average Bonchev–Trinajstić information content (AvgIpc) is 2.74. The quantitative estimate of drug-likeness (QED) is 0.725. The van der Waals surface area contributed by atoms with Crippen molar-refractivity contribution in [1.29, 1.82) is 0 Å². The molecule has 0 aromatic heterocycles. The van der Waals surface area contributed by atoms with Gasteiger partial charge in [-0.05, 0) is 19.9 Å². The molecule has 1 saturated carbocycles. The molecule has 2 aliphatic rings. The van der Waals surface area contributed by atoms with E-state index in [-0.39, 0.29) is 6.03 Å². The Kier molecular flexibility index (Phi) is 3.46. The summed E-state index contributed by atoms with van der Waals surface area (Å²) in [5.74, 6) is 0.563. The Balaban J connectivity index is 1.92. The SMILES string of the molecule is CNCC1CNC(=O)N(C2CCCC2)C1. The van der Waals surface area contributed by atoms with Crippen molar-refractivity contribution in [2.45, 2.75) is 31.7 Å². The Morgan fingerprint density at radius 1 is 1.47 bits per heavy atom. The first-order valence-electron chi connectivity index (χ1n) is 6.00. The van der Waals surface area contributed by atoms with Crippen LogP contribution in [0.1, 0.15) is 25.7 Å². The fourth-order valence-corrected chi connectivity index (χ4v) is 2.72. The van der Waals surface area contributed by atoms with Crippen LogP contribution >= 0.6 is 0 Å². The van der Waals surface area contributed by atoms with Gasteiger partial charge in [-0.25, -0.2) is 4.79 Å². The summed E-state index contributed by atoms with van der Waals surface area (Å²) >= 11 is 0. The Hall–Kier alpha value is -0.770. The first-order chi connectivity index (χ1) is 7.31. The molecule has 2 N–H and O–H groups in total. The summed E-state index contributed by atoms with van der Waals surface area (Å²) in [6.45, 7) is 2.74. The lowest BCUT2D eigenvalue weighted by atomic mass is 10.1. The van der Waals surface area contributed by atoms with Crippen molar-refractivity contribution >= 4 is 6.03 Å². The Morgan fingerprint density at radius 2 is 2.20 bits per heavy atom. The zero-order valence-corrected chi connectivity index (χ0v) is 9.46. The number of hydrogen-bond acceptors (Lipinski definition) is 2. The van der Waals surface area contributed by atoms with Crippen LogP contribution in [-0.2, 0) is 0 Å². The fourth-order valence-electron chi connectivity index (χ4n) is 2.72. The van der Waals surface area contributed by atoms with Gasteiger partial charge in [0, 0.05) is 31.6 Å². The van der Waals surface area contributed by atoms with Gasteiger partial charge in [0.25, 0.3) is 0 Å². The Bertz CT molecular complexity index is 226. The molecule has 2 fully saturated rings. The maximum Gasteiger partial charge on any atom is 0.317 e. The Labute approximate surface area is 91.4 Å². The van der Waals surface area contributed by atoms with Crippen molar-refractivity contribution in [1.82, 2.24) is 15.5 Å². The van der Waals surface area contributed by atoms with Crippen LogP contribution in [0.25, 0.3) is 0 Å². The molecule has 0 aromatic carbocycles. The molecule has 1 aliphatic carbocycles. The van der Waals surface area contributed by atoms with Crippen molar-refractivity contribution in [3.8, 4) is 0 Å². The minimum absolute atomic E-state index is 0.147. The van der Waals surface area contributed by atoms with Gasteiger partial charge in [-0.15, -0.1) is 0 Å². The molecule has 86 valence electrons. The average molecular weight is 211 g/mol. The van der Waals surface area contributed by atoms with E-state index >= 15 is 0 Å². The van der Waals surface area contributed by atoms with Gasteiger partial charge in [-0.3, -0.25) is 0 Å². The van der Waals surface area contributed by atoms with E-state index in [0.717, 1.165) is 19.6 Å². The van der Waals surface area contributed by atoms with Crippen LogP contribution in [-0.4, -0.2) is 43.7 Å². The summed E-state index contributed by atoms with van der Waals surface area (Å²) in [7, 11) is 1.97. The van der Waals surface area contributed by atoms with Gasteiger partial charge >= 0.3 is 6.03 Å². The monoisotopic (exact) mass is 211 g/mol. The van der Waals surface area contributed by atoms with Crippen LogP contribution < -0.4 is 10.6 Å². The highest BCUT2D eigenvalue weighted by atomic mass is 16.2. The molecule has 4 heteroatoms. The normalized spacial score (nSPS) is 28.2. The van der Waals surface area contributed by atoms with E-state index in [4.69, 9.17) is 0 Å². The summed E-state index contributed by atoms with van der Waals surface area (Å²) in [4.78, 5) is 13.8. The molecule has 0 bridgehead atoms. The molecule has 2 amide bonds. The van der Waals surface area contributed by atoms with Gasteiger partial charge < -0.3 is 15.5 Å². The molecule has 0 aromatic rings. The third-order valence-electron chi connectivity index (χ3n) is 3.52. The van der Waals surface area contributed by atoms with Gasteiger partial charge in [0.2, 0.25) is 0 Å². The molecule has 1 atom stereocenters. The predicted molar refractivity (Wildman–Crippen MR) is 59.8 cm³/mol. The predicted octanol–water partition coefficient (Wildman–Crippen LogP) is 0.790. The van der Waals surface area contributed by atoms with Gasteiger partial charge in [0.05, 0.1) is 0 Å². The topological polar surface area (TPSA) is 44.4 Å². The van der Waals surface area contributed by atoms with Gasteiger partial charge in [-0.2, -0.15) is 0 Å². The van der Waals surface area contributed by atoms with Crippen LogP contribution in [0.3, 0.4) is 0 Å². The van der Waals surface area contributed by atoms with Crippen molar-refractivity contribution in [3.05, 3.63) is 0 Å². The summed E-state index contributed by atoms with van der Waals surface area (Å²) in [6.07, 6.45) is 4.95. The number of carbonyl (C=O) groups excluding carboxylic acids is 1. The molecule has 2 rings (SSSR count). The summed E-state index contributed by atoms with van der Waals surface area (Å²) < 4.78 is 0. The molecule has 1 aliphatic heterocycles. The van der Waals surface area contributed by atoms with Crippen molar-refractivity contribution in [2.24, 2.45) is 5.92 Å². The number of hydrogen-bond donors (Lipinski definition) is 2. The standard InChI is InChI=1S/C11H21N3O/c1-12-6-9-7-13-11(15)14(8-9)10-4-2-3-5-10/h9-10,12H,2-8H2,1H3,(H,13,15). The summed E-state index contributed by atoms with van der Waals surface area (Å²) in [6, 6.07) is 0.652. The first kappa shape index (κ1) is 10.7. The highest BCUT2D eigenvalue weighted by molar-refractivity contribution is 5.75. The second-order valence-corrected chi connectivity index (χ2v) is 4.70. The summed E-state index contributed by atoms with van der Waals surface area (Å²) in [5.41, 5.74) is 0. The number of carbonyl (C=O) groups is 1. The van der Waals surface area contributed by atoms with E-state index in [9.17, 15) is 4.79 Å². The van der Waals surface area contributed by atoms with E-state index in [2.05, 4.69) is 15.5 Å². The van der Waals surface area contributed by atoms with Crippen molar-refractivity contribution in [3.63, 3.8) is 0 Å². The van der Waals surface area contributed by atoms with E-state index in [1.165, 1.54) is 25.7 Å². The number of rotatable bonds is 3. The maximum atomic E-state index is 11.7. The number of amides is 2. The molecule has 1 saturated heterocycles. The lowest BCUT2D eigenvalue weighted by Crippen LogP contribution is -2.55. The molecule has 1 unspecified atom stereocenters. The molecule has 4 nitrogen and oxygen atoms in total. The molecular weight excluding hydrogens is 190 g/mol. The number of urea groups is 1. The smallest absolute Gasteiger partial charge is 0.317 e. The highest BCUT2D eigenvalue weighted by Crippen LogP contribution is 2.25. The lowest BCUT2D eigenvalue weighted by Gasteiger charge is -2.37. The number of nitrogens with zero attached hydrogens (tertiary/aromatic N) is 1. The third kappa shape index (κ3) is 2.43. The molecule has 1 heterocycles. The van der Waals surface area contributed by atoms with Gasteiger partial charge in [-0.1, -0.05) is 12.8 Å². The van der Waals surface area contributed by atoms with E-state index in [1.807, 2.05) is 7.05 Å². The van der Waals surface area contributed by atoms with Crippen molar-refractivity contribution < 1.29 is 4.79 Å². The minimum Gasteiger partial charge on any atom is -0.338 e. The molecule has 0 spiro atoms. The highest BCUT2D eigenvalue weighted by Gasteiger charge is 2.31. The van der Waals surface area contributed by atoms with Gasteiger partial charge in [0.15, 0.2) is 0 Å². The maximum absolute atomic E-state index is 11.7. The third-order valence-corrected chi connectivity index (χ3v) is 3.52. The fraction of sp³-hybridized carbons (Fsp3) is 0.909. The zero-order chi connectivity index (χ0) is 10.7. The zero-order valence-electron chi connectivity index (χ0n) is 9.46. The van der Waals surface area contributed by atoms with Crippen LogP contribution in [0, 0.1) is 5.92 Å². The van der Waals surface area contributed by atoms with Crippen LogP contribution in [0.4, 0.5) is 4.79 Å². The van der Waals surface area contributed by atoms with Crippen LogP contribution in [0.5, 0.6) is 0 Å². The van der Waals surface area contributed by atoms with Gasteiger partial charge in [0.1, 0.15) is 0 Å². The van der Waals surface area contributed by atoms with Crippen LogP contribution in [0.2, 0.25) is 0 Å². The van der Waals surface area contributed by atoms with Crippen LogP contribution in [0.15, 0.2) is 0 Å². The largest absolute Gasteiger partial charge is 0.338 e. The second kappa shape index (κ2) is 4.84. The van der Waals surface area contributed by atoms with E-state index in [1.54, 1.807) is 0 Å².